The first-order chi connectivity index (χ1) is 5.47. The van der Waals surface area contributed by atoms with Crippen LogP contribution in [0.5, 0.6) is 0 Å². The molecule has 0 unspecified atom stereocenters. The van der Waals surface area contributed by atoms with E-state index in [-0.39, 0.29) is 6.61 Å². The van der Waals surface area contributed by atoms with Crippen LogP contribution < -0.4 is 11.5 Å². The first-order valence-electron chi connectivity index (χ1n) is 3.58. The summed E-state index contributed by atoms with van der Waals surface area (Å²) in [4.78, 5) is 16.6. The van der Waals surface area contributed by atoms with Gasteiger partial charge < -0.3 is 25.8 Å². The lowest BCUT2D eigenvalue weighted by Gasteiger charge is -2.02. The van der Waals surface area contributed by atoms with E-state index in [4.69, 9.17) is 21.3 Å². The van der Waals surface area contributed by atoms with Crippen LogP contribution in [0.4, 0.5) is 0 Å². The Morgan fingerprint density at radius 1 is 1.33 bits per heavy atom. The van der Waals surface area contributed by atoms with Crippen molar-refractivity contribution in [3.8, 4) is 0 Å². The van der Waals surface area contributed by atoms with E-state index in [1.54, 1.807) is 6.92 Å². The predicted molar refractivity (Wildman–Crippen MR) is 53.1 cm³/mol. The molecule has 0 aromatic carbocycles. The smallest absolute Gasteiger partial charge is 0.321 e. The van der Waals surface area contributed by atoms with E-state index in [0.717, 1.165) is 19.5 Å². The predicted octanol–water partition coefficient (Wildman–Crippen LogP) is -0.474. The number of hydrogen-bond acceptors (Lipinski definition) is 4. The van der Waals surface area contributed by atoms with Crippen LogP contribution in [-0.2, 0) is 16.3 Å². The molecule has 5 nitrogen and oxygen atoms in total. The highest BCUT2D eigenvalue weighted by Gasteiger charge is 2.03. The Balaban J connectivity index is 0. The van der Waals surface area contributed by atoms with Gasteiger partial charge in [0.25, 0.3) is 0 Å². The van der Waals surface area contributed by atoms with Crippen LogP contribution in [-0.4, -0.2) is 29.5 Å². The molecule has 0 aromatic heterocycles. The van der Waals surface area contributed by atoms with E-state index >= 15 is 0 Å². The normalized spacial score (nSPS) is 10.4. The van der Waals surface area contributed by atoms with Crippen molar-refractivity contribution in [3.05, 3.63) is 0 Å². The first kappa shape index (κ1) is 14.9. The molecule has 76 valence electrons. The van der Waals surface area contributed by atoms with Gasteiger partial charge in [-0.1, -0.05) is 0 Å². The molecule has 0 saturated heterocycles. The summed E-state index contributed by atoms with van der Waals surface area (Å²) in [7, 11) is 0. The Bertz CT molecular complexity index is 128. The Morgan fingerprint density at radius 2 is 1.75 bits per heavy atom. The maximum Gasteiger partial charge on any atom is 0.321 e. The molecule has 0 rings (SSSR count). The fourth-order valence-electron chi connectivity index (χ4n) is 0.286. The monoisotopic (exact) mass is 216 g/mol. The molecular weight excluding hydrogens is 199 g/mol. The molecule has 0 bridgehead atoms. The summed E-state index contributed by atoms with van der Waals surface area (Å²) in [5, 5.41) is 0. The van der Waals surface area contributed by atoms with Crippen molar-refractivity contribution in [2.75, 3.05) is 19.7 Å². The van der Waals surface area contributed by atoms with Crippen LogP contribution in [0.3, 0.4) is 0 Å². The molecule has 0 saturated carbocycles. The summed E-state index contributed by atoms with van der Waals surface area (Å²) >= 11 is 4.08. The second kappa shape index (κ2) is 9.54. The molecule has 0 aliphatic carbocycles. The van der Waals surface area contributed by atoms with Gasteiger partial charge >= 0.3 is 6.72 Å². The van der Waals surface area contributed by atoms with Crippen molar-refractivity contribution >= 4 is 18.5 Å². The topological polar surface area (TPSA) is 102 Å². The van der Waals surface area contributed by atoms with Crippen LogP contribution in [0.25, 0.3) is 0 Å². The molecule has 0 atom stereocenters. The number of hydrogen-bond donors (Lipinski definition) is 4. The van der Waals surface area contributed by atoms with E-state index in [0.29, 0.717) is 0 Å². The second-order valence-corrected chi connectivity index (χ2v) is 4.51. The minimum Gasteiger partial charge on any atom is -0.330 e. The van der Waals surface area contributed by atoms with E-state index in [1.165, 1.54) is 0 Å². The van der Waals surface area contributed by atoms with E-state index < -0.39 is 6.72 Å². The summed E-state index contributed by atoms with van der Waals surface area (Å²) in [5.41, 5.74) is 10.1. The van der Waals surface area contributed by atoms with Gasteiger partial charge in [0, 0.05) is 0 Å². The van der Waals surface area contributed by atoms with Crippen molar-refractivity contribution in [1.82, 2.24) is 0 Å². The largest absolute Gasteiger partial charge is 0.330 e. The summed E-state index contributed by atoms with van der Waals surface area (Å²) in [5.74, 6) is 0. The van der Waals surface area contributed by atoms with Crippen LogP contribution in [0.2, 0.25) is 0 Å². The van der Waals surface area contributed by atoms with Crippen molar-refractivity contribution in [2.24, 2.45) is 11.5 Å². The Morgan fingerprint density at radius 3 is 1.75 bits per heavy atom. The fraction of sp³-hybridized carbons (Fsp3) is 1.00. The molecule has 0 amide bonds. The molecule has 12 heavy (non-hydrogen) atoms. The van der Waals surface area contributed by atoms with Crippen molar-refractivity contribution in [3.63, 3.8) is 0 Å². The molecule has 0 aromatic rings. The van der Waals surface area contributed by atoms with Gasteiger partial charge in [-0.25, -0.2) is 0 Å². The highest BCUT2D eigenvalue weighted by atomic mass is 32.5. The van der Waals surface area contributed by atoms with Gasteiger partial charge in [0.05, 0.1) is 6.61 Å². The molecule has 0 radical (unpaired) electrons. The zero-order valence-corrected chi connectivity index (χ0v) is 8.85. The van der Waals surface area contributed by atoms with Crippen molar-refractivity contribution in [2.45, 2.75) is 13.3 Å². The maximum absolute atomic E-state index is 8.28. The lowest BCUT2D eigenvalue weighted by Crippen LogP contribution is -2.06. The van der Waals surface area contributed by atoms with Crippen LogP contribution in [0.1, 0.15) is 13.3 Å². The minimum absolute atomic E-state index is 0.254. The van der Waals surface area contributed by atoms with Gasteiger partial charge in [-0.05, 0) is 38.2 Å². The van der Waals surface area contributed by atoms with Gasteiger partial charge in [0.15, 0.2) is 0 Å². The highest BCUT2D eigenvalue weighted by Crippen LogP contribution is 2.35. The van der Waals surface area contributed by atoms with E-state index in [2.05, 4.69) is 16.3 Å². The Kier molecular flexibility index (Phi) is 11.9. The first-order valence-corrected chi connectivity index (χ1v) is 6.20. The molecule has 0 aliphatic heterocycles. The quantitative estimate of drug-likeness (QED) is 0.474. The molecule has 0 aliphatic rings. The molecule has 6 N–H and O–H groups in total. The average molecular weight is 216 g/mol. The fourth-order valence-corrected chi connectivity index (χ4v) is 0.939. The minimum atomic E-state index is -3.33. The summed E-state index contributed by atoms with van der Waals surface area (Å²) in [6.07, 6.45) is 0.944. The highest BCUT2D eigenvalue weighted by molar-refractivity contribution is 8.06. The van der Waals surface area contributed by atoms with Crippen LogP contribution in [0, 0.1) is 0 Å². The van der Waals surface area contributed by atoms with Gasteiger partial charge in [-0.3, -0.25) is 0 Å². The lowest BCUT2D eigenvalue weighted by atomic mass is 10.4. The third-order valence-corrected chi connectivity index (χ3v) is 1.62. The molecule has 0 heterocycles. The van der Waals surface area contributed by atoms with Gasteiger partial charge in [-0.15, -0.1) is 0 Å². The van der Waals surface area contributed by atoms with Gasteiger partial charge in [0.2, 0.25) is 0 Å². The maximum atomic E-state index is 8.28. The Labute approximate surface area is 78.0 Å². The molecular formula is C5H17N2O3PS. The SMILES string of the molecule is CCOP(O)(O)=S.NCCCN. The second-order valence-electron chi connectivity index (χ2n) is 1.84. The van der Waals surface area contributed by atoms with E-state index in [9.17, 15) is 0 Å². The zero-order chi connectivity index (χ0) is 10.0. The lowest BCUT2D eigenvalue weighted by molar-refractivity contribution is 0.265. The molecule has 0 spiro atoms. The Hall–Kier alpha value is 0.450. The average Bonchev–Trinajstić information content (AvgIpc) is 1.87. The summed E-state index contributed by atoms with van der Waals surface area (Å²) in [6.45, 7) is 0.00569. The summed E-state index contributed by atoms with van der Waals surface area (Å²) < 4.78 is 4.27. The van der Waals surface area contributed by atoms with Crippen molar-refractivity contribution < 1.29 is 14.3 Å². The molecule has 0 fully saturated rings. The van der Waals surface area contributed by atoms with Gasteiger partial charge in [-0.2, -0.15) is 0 Å². The number of rotatable bonds is 4. The van der Waals surface area contributed by atoms with E-state index in [1.807, 2.05) is 0 Å². The third-order valence-electron chi connectivity index (χ3n) is 0.706. The zero-order valence-electron chi connectivity index (χ0n) is 7.14. The van der Waals surface area contributed by atoms with Gasteiger partial charge in [0.1, 0.15) is 0 Å². The van der Waals surface area contributed by atoms with Crippen LogP contribution in [0.15, 0.2) is 0 Å². The van der Waals surface area contributed by atoms with Crippen LogP contribution >= 0.6 is 6.72 Å². The summed E-state index contributed by atoms with van der Waals surface area (Å²) in [6, 6.07) is 0. The standard InChI is InChI=1S/C3H10N2.C2H7O3PS/c4-2-1-3-5;1-2-5-6(3,4)7/h1-5H2;2H2,1H3,(H2,3,4,7). The van der Waals surface area contributed by atoms with Crippen molar-refractivity contribution in [1.29, 1.82) is 0 Å². The molecule has 7 heteroatoms. The number of nitrogens with two attached hydrogens (primary N) is 2. The third kappa shape index (κ3) is 22.4.